The molecular formula is C21H24FN5O4S2. The first-order chi connectivity index (χ1) is 15.6. The minimum absolute atomic E-state index is 0.00638. The van der Waals surface area contributed by atoms with Gasteiger partial charge in [-0.25, -0.2) is 17.8 Å². The van der Waals surface area contributed by atoms with E-state index in [-0.39, 0.29) is 22.5 Å². The Bertz CT molecular complexity index is 1390. The van der Waals surface area contributed by atoms with Gasteiger partial charge in [-0.2, -0.15) is 4.31 Å². The number of aromatic nitrogens is 2. The lowest BCUT2D eigenvalue weighted by atomic mass is 10.2. The maximum absolute atomic E-state index is 13.7. The molecule has 0 saturated carbocycles. The van der Waals surface area contributed by atoms with Crippen molar-refractivity contribution >= 4 is 43.2 Å². The van der Waals surface area contributed by atoms with Crippen molar-refractivity contribution in [3.05, 3.63) is 51.1 Å². The van der Waals surface area contributed by atoms with E-state index >= 15 is 0 Å². The quantitative estimate of drug-likeness (QED) is 0.581. The number of thiophene rings is 1. The van der Waals surface area contributed by atoms with Crippen LogP contribution in [0.15, 0.2) is 34.2 Å². The molecule has 9 nitrogen and oxygen atoms in total. The number of anilines is 1. The molecule has 2 aromatic heterocycles. The number of sulfonamides is 1. The molecule has 12 heteroatoms. The first-order valence-electron chi connectivity index (χ1n) is 10.3. The van der Waals surface area contributed by atoms with Crippen molar-refractivity contribution in [3.8, 4) is 0 Å². The highest BCUT2D eigenvalue weighted by atomic mass is 32.2. The van der Waals surface area contributed by atoms with Gasteiger partial charge in [-0.3, -0.25) is 14.2 Å². The third-order valence-corrected chi connectivity index (χ3v) is 8.84. The average molecular weight is 494 g/mol. The highest BCUT2D eigenvalue weighted by Gasteiger charge is 2.33. The fourth-order valence-electron chi connectivity index (χ4n) is 3.72. The molecule has 1 saturated heterocycles. The fraction of sp³-hybridized carbons (Fsp3) is 0.381. The van der Waals surface area contributed by atoms with Crippen LogP contribution in [0, 0.1) is 19.7 Å². The van der Waals surface area contributed by atoms with Gasteiger partial charge in [-0.1, -0.05) is 6.07 Å². The Morgan fingerprint density at radius 1 is 1.21 bits per heavy atom. The summed E-state index contributed by atoms with van der Waals surface area (Å²) in [5.41, 5.74) is 0.0953. The smallest absolute Gasteiger partial charge is 0.263 e. The van der Waals surface area contributed by atoms with E-state index in [0.717, 1.165) is 15.9 Å². The number of fused-ring (bicyclic) bond motifs is 1. The van der Waals surface area contributed by atoms with Crippen molar-refractivity contribution in [2.75, 3.05) is 38.5 Å². The summed E-state index contributed by atoms with van der Waals surface area (Å²) in [7, 11) is -1.98. The summed E-state index contributed by atoms with van der Waals surface area (Å²) in [6.07, 6.45) is 1.22. The first kappa shape index (κ1) is 23.5. The molecule has 3 heterocycles. The van der Waals surface area contributed by atoms with Crippen LogP contribution in [0.25, 0.3) is 10.2 Å². The summed E-state index contributed by atoms with van der Waals surface area (Å²) in [5, 5.41) is 2.54. The number of amides is 1. The minimum Gasteiger partial charge on any atom is -0.324 e. The van der Waals surface area contributed by atoms with Crippen LogP contribution in [0.2, 0.25) is 0 Å². The predicted octanol–water partition coefficient (Wildman–Crippen LogP) is 1.79. The Morgan fingerprint density at radius 2 is 1.91 bits per heavy atom. The number of rotatable bonds is 5. The van der Waals surface area contributed by atoms with E-state index in [1.807, 2.05) is 11.9 Å². The van der Waals surface area contributed by atoms with Gasteiger partial charge in [0, 0.05) is 36.7 Å². The molecular weight excluding hydrogens is 469 g/mol. The topological polar surface area (TPSA) is 105 Å². The molecule has 1 aliphatic heterocycles. The number of aryl methyl sites for hydroxylation is 2. The number of nitrogens with zero attached hydrogens (tertiary/aromatic N) is 4. The number of likely N-dealkylation sites (N-methyl/N-ethyl adjacent to an activating group) is 1. The van der Waals surface area contributed by atoms with Crippen LogP contribution in [-0.4, -0.2) is 66.3 Å². The van der Waals surface area contributed by atoms with Crippen LogP contribution in [0.1, 0.15) is 10.4 Å². The minimum atomic E-state index is -3.90. The number of halogens is 1. The molecule has 176 valence electrons. The Morgan fingerprint density at radius 3 is 2.58 bits per heavy atom. The van der Waals surface area contributed by atoms with Crippen LogP contribution >= 0.6 is 11.3 Å². The van der Waals surface area contributed by atoms with Crippen molar-refractivity contribution in [1.29, 1.82) is 0 Å². The van der Waals surface area contributed by atoms with E-state index in [1.165, 1.54) is 22.8 Å². The maximum Gasteiger partial charge on any atom is 0.263 e. The maximum atomic E-state index is 13.7. The van der Waals surface area contributed by atoms with Gasteiger partial charge in [-0.15, -0.1) is 11.3 Å². The molecule has 0 bridgehead atoms. The molecule has 3 aromatic rings. The van der Waals surface area contributed by atoms with Gasteiger partial charge < -0.3 is 10.2 Å². The Hall–Kier alpha value is -2.67. The third kappa shape index (κ3) is 4.56. The summed E-state index contributed by atoms with van der Waals surface area (Å²) in [6.45, 7) is 4.74. The summed E-state index contributed by atoms with van der Waals surface area (Å²) >= 11 is 1.13. The lowest BCUT2D eigenvalue weighted by Gasteiger charge is -2.31. The normalized spacial score (nSPS) is 15.8. The largest absolute Gasteiger partial charge is 0.324 e. The predicted molar refractivity (Wildman–Crippen MR) is 125 cm³/mol. The van der Waals surface area contributed by atoms with Crippen LogP contribution in [0.5, 0.6) is 0 Å². The van der Waals surface area contributed by atoms with E-state index in [1.54, 1.807) is 19.9 Å². The van der Waals surface area contributed by atoms with Crippen molar-refractivity contribution < 1.29 is 17.6 Å². The lowest BCUT2D eigenvalue weighted by molar-refractivity contribution is -0.116. The van der Waals surface area contributed by atoms with Gasteiger partial charge in [0.25, 0.3) is 5.56 Å². The summed E-state index contributed by atoms with van der Waals surface area (Å²) in [6, 6.07) is 4.29. The van der Waals surface area contributed by atoms with E-state index in [4.69, 9.17) is 0 Å². The number of nitrogens with one attached hydrogen (secondary N) is 1. The molecule has 33 heavy (non-hydrogen) atoms. The highest BCUT2D eigenvalue weighted by molar-refractivity contribution is 7.89. The Balaban J connectivity index is 1.66. The van der Waals surface area contributed by atoms with E-state index in [0.29, 0.717) is 41.5 Å². The molecule has 0 unspecified atom stereocenters. The molecule has 0 atom stereocenters. The van der Waals surface area contributed by atoms with Crippen molar-refractivity contribution in [1.82, 2.24) is 18.8 Å². The third-order valence-electron chi connectivity index (χ3n) is 5.63. The Kier molecular flexibility index (Phi) is 6.36. The van der Waals surface area contributed by atoms with Crippen molar-refractivity contribution in [3.63, 3.8) is 0 Å². The monoisotopic (exact) mass is 493 g/mol. The lowest BCUT2D eigenvalue weighted by Crippen LogP contribution is -2.47. The van der Waals surface area contributed by atoms with Gasteiger partial charge in [0.15, 0.2) is 0 Å². The molecule has 0 aliphatic carbocycles. The van der Waals surface area contributed by atoms with Gasteiger partial charge in [0.05, 0.1) is 11.7 Å². The second kappa shape index (κ2) is 8.93. The number of piperazine rings is 1. The summed E-state index contributed by atoms with van der Waals surface area (Å²) < 4.78 is 43.0. The second-order valence-electron chi connectivity index (χ2n) is 8.06. The fourth-order valence-corrected chi connectivity index (χ4v) is 6.81. The highest BCUT2D eigenvalue weighted by Crippen LogP contribution is 2.33. The van der Waals surface area contributed by atoms with Gasteiger partial charge in [-0.05, 0) is 38.6 Å². The van der Waals surface area contributed by atoms with Crippen LogP contribution in [0.3, 0.4) is 0 Å². The number of hydrogen-bond acceptors (Lipinski definition) is 7. The number of hydrogen-bond donors (Lipinski definition) is 1. The van der Waals surface area contributed by atoms with Gasteiger partial charge in [0.1, 0.15) is 22.1 Å². The Labute approximate surface area is 194 Å². The molecule has 1 N–H and O–H groups in total. The van der Waals surface area contributed by atoms with Crippen LogP contribution < -0.4 is 10.9 Å². The summed E-state index contributed by atoms with van der Waals surface area (Å²) in [5.74, 6) is -1.02. The van der Waals surface area contributed by atoms with E-state index < -0.39 is 27.3 Å². The molecule has 4 rings (SSSR count). The number of benzene rings is 1. The van der Waals surface area contributed by atoms with Gasteiger partial charge in [0.2, 0.25) is 15.9 Å². The zero-order valence-electron chi connectivity index (χ0n) is 18.5. The molecule has 1 aromatic carbocycles. The molecule has 1 amide bonds. The molecule has 1 fully saturated rings. The SMILES string of the molecule is Cc1ccc(NC(=O)Cn2cnc3sc(C)c(S(=O)(=O)N4CCN(C)CC4)c3c2=O)cc1F. The molecule has 0 radical (unpaired) electrons. The second-order valence-corrected chi connectivity index (χ2v) is 11.1. The van der Waals surface area contributed by atoms with E-state index in [2.05, 4.69) is 10.3 Å². The number of carbonyl (C=O) groups excluding carboxylic acids is 1. The van der Waals surface area contributed by atoms with Crippen molar-refractivity contribution in [2.45, 2.75) is 25.3 Å². The van der Waals surface area contributed by atoms with Crippen LogP contribution in [-0.2, 0) is 21.4 Å². The van der Waals surface area contributed by atoms with Crippen LogP contribution in [0.4, 0.5) is 10.1 Å². The first-order valence-corrected chi connectivity index (χ1v) is 12.6. The average Bonchev–Trinajstić information content (AvgIpc) is 3.10. The summed E-state index contributed by atoms with van der Waals surface area (Å²) in [4.78, 5) is 32.7. The number of carbonyl (C=O) groups is 1. The van der Waals surface area contributed by atoms with Crippen molar-refractivity contribution in [2.24, 2.45) is 0 Å². The molecule has 1 aliphatic rings. The molecule has 0 spiro atoms. The zero-order chi connectivity index (χ0) is 23.9. The standard InChI is InChI=1S/C21H24FN5O4S2/c1-13-4-5-15(10-16(13)22)24-17(28)11-26-12-23-20-18(21(26)29)19(14(2)32-20)33(30,31)27-8-6-25(3)7-9-27/h4-5,10,12H,6-9,11H2,1-3H3,(H,24,28). The van der Waals surface area contributed by atoms with Gasteiger partial charge >= 0.3 is 0 Å². The zero-order valence-corrected chi connectivity index (χ0v) is 20.1. The van der Waals surface area contributed by atoms with E-state index in [9.17, 15) is 22.4 Å².